The van der Waals surface area contributed by atoms with Crippen LogP contribution in [0.1, 0.15) is 32.3 Å². The lowest BCUT2D eigenvalue weighted by Crippen LogP contribution is -2.46. The van der Waals surface area contributed by atoms with E-state index in [0.29, 0.717) is 57.2 Å². The summed E-state index contributed by atoms with van der Waals surface area (Å²) >= 11 is 0. The van der Waals surface area contributed by atoms with Gasteiger partial charge in [-0.15, -0.1) is 0 Å². The Kier molecular flexibility index (Phi) is 8.09. The van der Waals surface area contributed by atoms with Crippen molar-refractivity contribution in [1.82, 2.24) is 13.9 Å². The SMILES string of the molecule is CCOc1ccc(CNC(=O)C2CCN(S(=O)(=O)N(C)C)CC2)cc1OCC. The topological polar surface area (TPSA) is 88.2 Å². The highest BCUT2D eigenvalue weighted by molar-refractivity contribution is 7.86. The van der Waals surface area contributed by atoms with Gasteiger partial charge in [0.25, 0.3) is 10.2 Å². The van der Waals surface area contributed by atoms with E-state index in [1.165, 1.54) is 22.7 Å². The first-order valence-electron chi connectivity index (χ1n) is 9.63. The zero-order valence-corrected chi connectivity index (χ0v) is 17.9. The fourth-order valence-corrected chi connectivity index (χ4v) is 4.25. The molecular formula is C19H31N3O5S. The molecule has 1 amide bonds. The second-order valence-corrected chi connectivity index (χ2v) is 8.97. The number of ether oxygens (including phenoxy) is 2. The van der Waals surface area contributed by atoms with Gasteiger partial charge in [-0.1, -0.05) is 6.07 Å². The van der Waals surface area contributed by atoms with Crippen molar-refractivity contribution >= 4 is 16.1 Å². The van der Waals surface area contributed by atoms with Crippen molar-refractivity contribution in [2.24, 2.45) is 5.92 Å². The second kappa shape index (κ2) is 10.1. The van der Waals surface area contributed by atoms with Crippen LogP contribution < -0.4 is 14.8 Å². The van der Waals surface area contributed by atoms with Crippen LogP contribution in [0.3, 0.4) is 0 Å². The van der Waals surface area contributed by atoms with Gasteiger partial charge in [-0.25, -0.2) is 0 Å². The Balaban J connectivity index is 1.90. The van der Waals surface area contributed by atoms with E-state index in [2.05, 4.69) is 5.32 Å². The maximum atomic E-state index is 12.5. The summed E-state index contributed by atoms with van der Waals surface area (Å²) < 4.78 is 38.1. The van der Waals surface area contributed by atoms with Crippen LogP contribution in [0.4, 0.5) is 0 Å². The summed E-state index contributed by atoms with van der Waals surface area (Å²) in [6.45, 7) is 6.02. The summed E-state index contributed by atoms with van der Waals surface area (Å²) in [5.41, 5.74) is 0.924. The van der Waals surface area contributed by atoms with Crippen molar-refractivity contribution in [2.75, 3.05) is 40.4 Å². The van der Waals surface area contributed by atoms with Crippen LogP contribution in [0.15, 0.2) is 18.2 Å². The minimum Gasteiger partial charge on any atom is -0.490 e. The number of hydrogen-bond donors (Lipinski definition) is 1. The van der Waals surface area contributed by atoms with Crippen LogP contribution >= 0.6 is 0 Å². The third-order valence-electron chi connectivity index (χ3n) is 4.69. The number of piperidine rings is 1. The molecule has 0 aliphatic carbocycles. The van der Waals surface area contributed by atoms with Crippen LogP contribution in [0.5, 0.6) is 11.5 Å². The highest BCUT2D eigenvalue weighted by Crippen LogP contribution is 2.28. The molecule has 0 saturated carbocycles. The van der Waals surface area contributed by atoms with Crippen LogP contribution in [-0.2, 0) is 21.5 Å². The number of hydrogen-bond acceptors (Lipinski definition) is 5. The van der Waals surface area contributed by atoms with E-state index >= 15 is 0 Å². The summed E-state index contributed by atoms with van der Waals surface area (Å²) in [6, 6.07) is 5.63. The van der Waals surface area contributed by atoms with Gasteiger partial charge in [0.1, 0.15) is 0 Å². The van der Waals surface area contributed by atoms with E-state index in [4.69, 9.17) is 9.47 Å². The van der Waals surface area contributed by atoms with Crippen LogP contribution in [-0.4, -0.2) is 63.3 Å². The van der Waals surface area contributed by atoms with Gasteiger partial charge in [0, 0.05) is 39.6 Å². The Morgan fingerprint density at radius 2 is 1.75 bits per heavy atom. The van der Waals surface area contributed by atoms with E-state index in [-0.39, 0.29) is 11.8 Å². The summed E-state index contributed by atoms with van der Waals surface area (Å²) in [5.74, 6) is 1.13. The smallest absolute Gasteiger partial charge is 0.281 e. The van der Waals surface area contributed by atoms with Gasteiger partial charge in [-0.2, -0.15) is 17.0 Å². The molecule has 1 aliphatic rings. The zero-order chi connectivity index (χ0) is 20.7. The standard InChI is InChI=1S/C19H31N3O5S/c1-5-26-17-8-7-15(13-18(17)27-6-2)14-20-19(23)16-9-11-22(12-10-16)28(24,25)21(3)4/h7-8,13,16H,5-6,9-12,14H2,1-4H3,(H,20,23). The quantitative estimate of drug-likeness (QED) is 0.665. The molecule has 1 fully saturated rings. The third-order valence-corrected chi connectivity index (χ3v) is 6.63. The van der Waals surface area contributed by atoms with Crippen molar-refractivity contribution in [1.29, 1.82) is 0 Å². The monoisotopic (exact) mass is 413 g/mol. The number of amides is 1. The highest BCUT2D eigenvalue weighted by atomic mass is 32.2. The number of nitrogens with one attached hydrogen (secondary N) is 1. The van der Waals surface area contributed by atoms with E-state index in [9.17, 15) is 13.2 Å². The van der Waals surface area contributed by atoms with Crippen LogP contribution in [0.2, 0.25) is 0 Å². The second-order valence-electron chi connectivity index (χ2n) is 6.83. The van der Waals surface area contributed by atoms with Gasteiger partial charge in [-0.05, 0) is 44.4 Å². The molecule has 0 radical (unpaired) electrons. The molecular weight excluding hydrogens is 382 g/mol. The van der Waals surface area contributed by atoms with Crippen molar-refractivity contribution in [3.63, 3.8) is 0 Å². The summed E-state index contributed by atoms with van der Waals surface area (Å²) in [7, 11) is -0.384. The maximum absolute atomic E-state index is 12.5. The molecule has 1 aromatic carbocycles. The van der Waals surface area contributed by atoms with E-state index in [1.807, 2.05) is 32.0 Å². The minimum atomic E-state index is -3.41. The summed E-state index contributed by atoms with van der Waals surface area (Å²) in [4.78, 5) is 12.5. The average Bonchev–Trinajstić information content (AvgIpc) is 2.68. The Morgan fingerprint density at radius 3 is 2.32 bits per heavy atom. The molecule has 0 aromatic heterocycles. The molecule has 158 valence electrons. The first-order chi connectivity index (χ1) is 13.3. The number of carbonyl (C=O) groups is 1. The first-order valence-corrected chi connectivity index (χ1v) is 11.0. The Labute approximate surface area is 168 Å². The molecule has 0 spiro atoms. The Morgan fingerprint density at radius 1 is 1.14 bits per heavy atom. The predicted molar refractivity (Wildman–Crippen MR) is 108 cm³/mol. The number of carbonyl (C=O) groups excluding carboxylic acids is 1. The van der Waals surface area contributed by atoms with Gasteiger partial charge in [0.05, 0.1) is 13.2 Å². The lowest BCUT2D eigenvalue weighted by molar-refractivity contribution is -0.126. The molecule has 8 nitrogen and oxygen atoms in total. The predicted octanol–water partition coefficient (Wildman–Crippen LogP) is 1.62. The number of benzene rings is 1. The van der Waals surface area contributed by atoms with Gasteiger partial charge in [0.2, 0.25) is 5.91 Å². The summed E-state index contributed by atoms with van der Waals surface area (Å²) in [6.07, 6.45) is 1.04. The maximum Gasteiger partial charge on any atom is 0.281 e. The lowest BCUT2D eigenvalue weighted by atomic mass is 9.97. The van der Waals surface area contributed by atoms with Crippen LogP contribution in [0, 0.1) is 5.92 Å². The highest BCUT2D eigenvalue weighted by Gasteiger charge is 2.32. The van der Waals surface area contributed by atoms with Gasteiger partial charge in [0.15, 0.2) is 11.5 Å². The van der Waals surface area contributed by atoms with Crippen molar-refractivity contribution in [3.05, 3.63) is 23.8 Å². The Hall–Kier alpha value is -1.84. The number of nitrogens with zero attached hydrogens (tertiary/aromatic N) is 2. The van der Waals surface area contributed by atoms with Gasteiger partial charge >= 0.3 is 0 Å². The van der Waals surface area contributed by atoms with Crippen molar-refractivity contribution in [3.8, 4) is 11.5 Å². The molecule has 1 N–H and O–H groups in total. The van der Waals surface area contributed by atoms with Crippen LogP contribution in [0.25, 0.3) is 0 Å². The molecule has 9 heteroatoms. The van der Waals surface area contributed by atoms with E-state index < -0.39 is 10.2 Å². The molecule has 1 saturated heterocycles. The molecule has 28 heavy (non-hydrogen) atoms. The van der Waals surface area contributed by atoms with Gasteiger partial charge in [-0.3, -0.25) is 4.79 Å². The fourth-order valence-electron chi connectivity index (χ4n) is 3.12. The lowest BCUT2D eigenvalue weighted by Gasteiger charge is -2.32. The van der Waals surface area contributed by atoms with E-state index in [0.717, 1.165) is 5.56 Å². The molecule has 0 unspecified atom stereocenters. The van der Waals surface area contributed by atoms with Crippen molar-refractivity contribution < 1.29 is 22.7 Å². The molecule has 2 rings (SSSR count). The molecule has 0 atom stereocenters. The molecule has 1 aliphatic heterocycles. The molecule has 1 aromatic rings. The fraction of sp³-hybridized carbons (Fsp3) is 0.632. The zero-order valence-electron chi connectivity index (χ0n) is 17.1. The third kappa shape index (κ3) is 5.59. The van der Waals surface area contributed by atoms with E-state index in [1.54, 1.807) is 0 Å². The van der Waals surface area contributed by atoms with Crippen molar-refractivity contribution in [2.45, 2.75) is 33.2 Å². The normalized spacial score (nSPS) is 16.2. The summed E-state index contributed by atoms with van der Waals surface area (Å²) in [5, 5.41) is 2.95. The average molecular weight is 414 g/mol. The Bertz CT molecular complexity index is 759. The first kappa shape index (κ1) is 22.4. The minimum absolute atomic E-state index is 0.0475. The molecule has 0 bridgehead atoms. The molecule has 1 heterocycles. The van der Waals surface area contributed by atoms with Gasteiger partial charge < -0.3 is 14.8 Å². The largest absolute Gasteiger partial charge is 0.490 e. The number of rotatable bonds is 9.